The molecule has 8 nitrogen and oxygen atoms in total. The molecule has 2 N–H and O–H groups in total. The third kappa shape index (κ3) is 3.60. The van der Waals surface area contributed by atoms with Gasteiger partial charge in [0.25, 0.3) is 5.79 Å². The van der Waals surface area contributed by atoms with Crippen LogP contribution in [-0.2, 0) is 19.1 Å². The Morgan fingerprint density at radius 1 is 1.26 bits per heavy atom. The van der Waals surface area contributed by atoms with Gasteiger partial charge in [-0.3, -0.25) is 0 Å². The number of carbonyl (C=O) groups excluding carboxylic acids is 2. The molecule has 0 unspecified atom stereocenters. The molecular formula is C15H15NO7. The Hall–Kier alpha value is -3.03. The molecule has 0 aromatic heterocycles. The van der Waals surface area contributed by atoms with E-state index < -0.39 is 23.7 Å². The zero-order chi connectivity index (χ0) is 17.2. The second kappa shape index (κ2) is 5.99. The van der Waals surface area contributed by atoms with Crippen molar-refractivity contribution >= 4 is 23.6 Å². The SMILES string of the molecule is COc1ccc(C(=O)O)cc1NC=C1C(=O)OC(C)(C)OC1=O. The third-order valence-corrected chi connectivity index (χ3v) is 2.94. The second-order valence-corrected chi connectivity index (χ2v) is 5.10. The summed E-state index contributed by atoms with van der Waals surface area (Å²) in [5.41, 5.74) is -0.0564. The van der Waals surface area contributed by atoms with Crippen molar-refractivity contribution in [1.82, 2.24) is 0 Å². The van der Waals surface area contributed by atoms with Gasteiger partial charge in [0.1, 0.15) is 5.75 Å². The van der Waals surface area contributed by atoms with Gasteiger partial charge in [-0.1, -0.05) is 0 Å². The highest BCUT2D eigenvalue weighted by atomic mass is 16.7. The van der Waals surface area contributed by atoms with Gasteiger partial charge in [-0.05, 0) is 18.2 Å². The van der Waals surface area contributed by atoms with Crippen LogP contribution in [0.2, 0.25) is 0 Å². The summed E-state index contributed by atoms with van der Waals surface area (Å²) in [6.45, 7) is 2.87. The van der Waals surface area contributed by atoms with Gasteiger partial charge in [0, 0.05) is 20.0 Å². The molecule has 23 heavy (non-hydrogen) atoms. The number of carbonyl (C=O) groups is 3. The first-order valence-electron chi connectivity index (χ1n) is 6.58. The molecule has 0 spiro atoms. The van der Waals surface area contributed by atoms with Crippen molar-refractivity contribution < 1.29 is 33.7 Å². The summed E-state index contributed by atoms with van der Waals surface area (Å²) in [5.74, 6) is -3.79. The number of hydrogen-bond donors (Lipinski definition) is 2. The lowest BCUT2D eigenvalue weighted by Crippen LogP contribution is -2.42. The summed E-state index contributed by atoms with van der Waals surface area (Å²) >= 11 is 0. The number of esters is 2. The quantitative estimate of drug-likeness (QED) is 0.488. The first-order chi connectivity index (χ1) is 10.7. The predicted molar refractivity (Wildman–Crippen MR) is 77.9 cm³/mol. The fraction of sp³-hybridized carbons (Fsp3) is 0.267. The smallest absolute Gasteiger partial charge is 0.350 e. The van der Waals surface area contributed by atoms with Gasteiger partial charge in [-0.2, -0.15) is 0 Å². The molecule has 0 amide bonds. The van der Waals surface area contributed by atoms with E-state index in [0.29, 0.717) is 5.75 Å². The van der Waals surface area contributed by atoms with Gasteiger partial charge in [0.15, 0.2) is 5.57 Å². The van der Waals surface area contributed by atoms with Crippen molar-refractivity contribution in [1.29, 1.82) is 0 Å². The number of anilines is 1. The molecular weight excluding hydrogens is 306 g/mol. The van der Waals surface area contributed by atoms with Crippen LogP contribution in [0, 0.1) is 0 Å². The van der Waals surface area contributed by atoms with Gasteiger partial charge in [-0.25, -0.2) is 14.4 Å². The Labute approximate surface area is 131 Å². The molecule has 8 heteroatoms. The first-order valence-corrected chi connectivity index (χ1v) is 6.58. The highest BCUT2D eigenvalue weighted by Gasteiger charge is 2.38. The van der Waals surface area contributed by atoms with Crippen molar-refractivity contribution in [2.24, 2.45) is 0 Å². The first kappa shape index (κ1) is 16.3. The molecule has 2 rings (SSSR count). The second-order valence-electron chi connectivity index (χ2n) is 5.10. The fourth-order valence-corrected chi connectivity index (χ4v) is 1.88. The van der Waals surface area contributed by atoms with Crippen LogP contribution in [0.3, 0.4) is 0 Å². The highest BCUT2D eigenvalue weighted by Crippen LogP contribution is 2.27. The molecule has 1 fully saturated rings. The minimum Gasteiger partial charge on any atom is -0.495 e. The number of benzene rings is 1. The maximum Gasteiger partial charge on any atom is 0.350 e. The Balaban J connectivity index is 2.29. The minimum absolute atomic E-state index is 0.0154. The van der Waals surface area contributed by atoms with Crippen LogP contribution in [0.25, 0.3) is 0 Å². The van der Waals surface area contributed by atoms with Gasteiger partial charge < -0.3 is 24.6 Å². The van der Waals surface area contributed by atoms with Crippen molar-refractivity contribution in [3.63, 3.8) is 0 Å². The van der Waals surface area contributed by atoms with E-state index in [1.54, 1.807) is 0 Å². The van der Waals surface area contributed by atoms with E-state index in [1.165, 1.54) is 39.2 Å². The standard InChI is InChI=1S/C15H15NO7/c1-15(2)22-13(19)9(14(20)23-15)7-16-10-6-8(12(17)18)4-5-11(10)21-3/h4-7,16H,1-3H3,(H,17,18). The van der Waals surface area contributed by atoms with Crippen LogP contribution in [0.15, 0.2) is 30.0 Å². The number of methoxy groups -OCH3 is 1. The number of carboxylic acid groups (broad SMARTS) is 1. The van der Waals surface area contributed by atoms with E-state index >= 15 is 0 Å². The normalized spacial score (nSPS) is 16.2. The summed E-state index contributed by atoms with van der Waals surface area (Å²) in [5, 5.41) is 11.7. The van der Waals surface area contributed by atoms with Crippen molar-refractivity contribution in [3.8, 4) is 5.75 Å². The molecule has 1 aliphatic rings. The van der Waals surface area contributed by atoms with Crippen molar-refractivity contribution in [2.45, 2.75) is 19.6 Å². The Kier molecular flexibility index (Phi) is 4.26. The maximum atomic E-state index is 11.8. The van der Waals surface area contributed by atoms with E-state index in [1.807, 2.05) is 0 Å². The van der Waals surface area contributed by atoms with Gasteiger partial charge >= 0.3 is 17.9 Å². The lowest BCUT2D eigenvalue weighted by atomic mass is 10.2. The number of ether oxygens (including phenoxy) is 3. The number of cyclic esters (lactones) is 2. The van der Waals surface area contributed by atoms with Crippen molar-refractivity contribution in [2.75, 3.05) is 12.4 Å². The van der Waals surface area contributed by atoms with Crippen LogP contribution in [0.1, 0.15) is 24.2 Å². The predicted octanol–water partition coefficient (Wildman–Crippen LogP) is 1.53. The van der Waals surface area contributed by atoms with E-state index in [0.717, 1.165) is 6.20 Å². The zero-order valence-corrected chi connectivity index (χ0v) is 12.7. The molecule has 0 saturated carbocycles. The van der Waals surface area contributed by atoms with E-state index in [4.69, 9.17) is 19.3 Å². The summed E-state index contributed by atoms with van der Waals surface area (Å²) < 4.78 is 15.0. The Morgan fingerprint density at radius 2 is 1.87 bits per heavy atom. The lowest BCUT2D eigenvalue weighted by Gasteiger charge is -2.29. The number of carboxylic acids is 1. The number of nitrogens with one attached hydrogen (secondary N) is 1. The number of rotatable bonds is 4. The number of aromatic carboxylic acids is 1. The largest absolute Gasteiger partial charge is 0.495 e. The average Bonchev–Trinajstić information content (AvgIpc) is 2.44. The van der Waals surface area contributed by atoms with Gasteiger partial charge in [-0.15, -0.1) is 0 Å². The monoisotopic (exact) mass is 321 g/mol. The molecule has 1 aromatic rings. The molecule has 1 heterocycles. The summed E-state index contributed by atoms with van der Waals surface area (Å²) in [6, 6.07) is 4.12. The van der Waals surface area contributed by atoms with Crippen LogP contribution in [-0.4, -0.2) is 35.9 Å². The average molecular weight is 321 g/mol. The molecule has 0 atom stereocenters. The molecule has 1 aromatic carbocycles. The highest BCUT2D eigenvalue weighted by molar-refractivity contribution is 6.15. The molecule has 1 aliphatic heterocycles. The van der Waals surface area contributed by atoms with Crippen LogP contribution in [0.4, 0.5) is 5.69 Å². The molecule has 1 saturated heterocycles. The van der Waals surface area contributed by atoms with E-state index in [2.05, 4.69) is 5.32 Å². The Morgan fingerprint density at radius 3 is 2.39 bits per heavy atom. The van der Waals surface area contributed by atoms with Crippen LogP contribution in [0.5, 0.6) is 5.75 Å². The molecule has 0 aliphatic carbocycles. The van der Waals surface area contributed by atoms with E-state index in [-0.39, 0.29) is 16.8 Å². The van der Waals surface area contributed by atoms with Gasteiger partial charge in [0.05, 0.1) is 18.4 Å². The topological polar surface area (TPSA) is 111 Å². The third-order valence-electron chi connectivity index (χ3n) is 2.94. The Bertz CT molecular complexity index is 684. The zero-order valence-electron chi connectivity index (χ0n) is 12.7. The molecule has 0 radical (unpaired) electrons. The van der Waals surface area contributed by atoms with Crippen LogP contribution >= 0.6 is 0 Å². The summed E-state index contributed by atoms with van der Waals surface area (Å²) in [7, 11) is 1.40. The van der Waals surface area contributed by atoms with Crippen molar-refractivity contribution in [3.05, 3.63) is 35.5 Å². The molecule has 122 valence electrons. The fourth-order valence-electron chi connectivity index (χ4n) is 1.88. The minimum atomic E-state index is -1.33. The maximum absolute atomic E-state index is 11.8. The molecule has 0 bridgehead atoms. The summed E-state index contributed by atoms with van der Waals surface area (Å²) in [6.07, 6.45) is 1.09. The number of hydrogen-bond acceptors (Lipinski definition) is 7. The van der Waals surface area contributed by atoms with Crippen LogP contribution < -0.4 is 10.1 Å². The van der Waals surface area contributed by atoms with E-state index in [9.17, 15) is 14.4 Å². The van der Waals surface area contributed by atoms with Gasteiger partial charge in [0.2, 0.25) is 0 Å². The summed E-state index contributed by atoms with van der Waals surface area (Å²) in [4.78, 5) is 34.6. The lowest BCUT2D eigenvalue weighted by molar-refractivity contribution is -0.222.